The van der Waals surface area contributed by atoms with Crippen molar-refractivity contribution in [1.29, 1.82) is 5.26 Å². The summed E-state index contributed by atoms with van der Waals surface area (Å²) in [7, 11) is 3.19. The van der Waals surface area contributed by atoms with Gasteiger partial charge in [0, 0.05) is 18.6 Å². The second-order valence-electron chi connectivity index (χ2n) is 3.82. The average Bonchev–Trinajstić information content (AvgIpc) is 2.75. The smallest absolute Gasteiger partial charge is 0.163 e. The van der Waals surface area contributed by atoms with Crippen LogP contribution in [0.1, 0.15) is 12.7 Å². The van der Waals surface area contributed by atoms with Crippen LogP contribution in [-0.4, -0.2) is 23.8 Å². The number of nitrogens with zero attached hydrogens (tertiary/aromatic N) is 3. The van der Waals surface area contributed by atoms with Crippen LogP contribution in [0.5, 0.6) is 11.5 Å². The molecule has 0 aliphatic carbocycles. The first-order valence-corrected chi connectivity index (χ1v) is 5.73. The first-order chi connectivity index (χ1) is 8.74. The molecule has 18 heavy (non-hydrogen) atoms. The Morgan fingerprint density at radius 1 is 1.28 bits per heavy atom. The zero-order valence-electron chi connectivity index (χ0n) is 10.7. The van der Waals surface area contributed by atoms with Gasteiger partial charge in [-0.2, -0.15) is 5.26 Å². The molecule has 0 saturated carbocycles. The number of nitriles is 1. The molecule has 0 aliphatic rings. The molecule has 0 unspecified atom stereocenters. The van der Waals surface area contributed by atoms with Gasteiger partial charge in [-0.15, -0.1) is 0 Å². The molecule has 1 aromatic carbocycles. The van der Waals surface area contributed by atoms with Gasteiger partial charge in [0.15, 0.2) is 11.5 Å². The number of aromatic nitrogens is 2. The highest BCUT2D eigenvalue weighted by atomic mass is 16.5. The maximum Gasteiger partial charge on any atom is 0.163 e. The van der Waals surface area contributed by atoms with Gasteiger partial charge in [-0.25, -0.2) is 4.98 Å². The van der Waals surface area contributed by atoms with E-state index in [1.807, 2.05) is 23.6 Å². The number of aryl methyl sites for hydroxylation is 1. The van der Waals surface area contributed by atoms with Gasteiger partial charge in [0.1, 0.15) is 12.4 Å². The minimum absolute atomic E-state index is 0.287. The molecule has 5 heteroatoms. The number of rotatable bonds is 4. The normalized spacial score (nSPS) is 10.3. The molecule has 0 fully saturated rings. The number of fused-ring (bicyclic) bond motifs is 1. The zero-order valence-corrected chi connectivity index (χ0v) is 10.7. The van der Waals surface area contributed by atoms with Crippen molar-refractivity contribution in [2.75, 3.05) is 14.2 Å². The minimum atomic E-state index is 0.287. The summed E-state index contributed by atoms with van der Waals surface area (Å²) in [6, 6.07) is 5.85. The molecule has 2 rings (SSSR count). The molecular weight excluding hydrogens is 230 g/mol. The number of hydrogen-bond donors (Lipinski definition) is 0. The van der Waals surface area contributed by atoms with Crippen molar-refractivity contribution >= 4 is 11.0 Å². The van der Waals surface area contributed by atoms with E-state index in [1.165, 1.54) is 0 Å². The number of hydrogen-bond acceptors (Lipinski definition) is 4. The summed E-state index contributed by atoms with van der Waals surface area (Å²) in [4.78, 5) is 4.51. The lowest BCUT2D eigenvalue weighted by Gasteiger charge is -2.08. The Labute approximate surface area is 106 Å². The fourth-order valence-electron chi connectivity index (χ4n) is 2.02. The van der Waals surface area contributed by atoms with Crippen LogP contribution in [0, 0.1) is 11.3 Å². The number of ether oxygens (including phenoxy) is 2. The van der Waals surface area contributed by atoms with Crippen molar-refractivity contribution in [3.63, 3.8) is 0 Å². The molecule has 1 heterocycles. The van der Waals surface area contributed by atoms with Crippen molar-refractivity contribution in [2.45, 2.75) is 19.9 Å². The van der Waals surface area contributed by atoms with E-state index in [9.17, 15) is 0 Å². The van der Waals surface area contributed by atoms with Gasteiger partial charge in [0.25, 0.3) is 0 Å². The van der Waals surface area contributed by atoms with Crippen molar-refractivity contribution in [1.82, 2.24) is 9.55 Å². The molecule has 0 amide bonds. The summed E-state index contributed by atoms with van der Waals surface area (Å²) < 4.78 is 12.4. The van der Waals surface area contributed by atoms with Gasteiger partial charge in [0.05, 0.1) is 31.3 Å². The Hall–Kier alpha value is -2.22. The Bertz CT molecular complexity index is 611. The van der Waals surface area contributed by atoms with E-state index in [0.29, 0.717) is 11.5 Å². The van der Waals surface area contributed by atoms with Crippen LogP contribution in [0.2, 0.25) is 0 Å². The van der Waals surface area contributed by atoms with Gasteiger partial charge in [-0.3, -0.25) is 0 Å². The molecule has 0 bridgehead atoms. The molecule has 0 aliphatic heterocycles. The SMILES string of the molecule is CCc1nc2cc(OC)c(OC)cc2n1CC#N. The molecular formula is C13H15N3O2. The summed E-state index contributed by atoms with van der Waals surface area (Å²) in [6.45, 7) is 2.30. The highest BCUT2D eigenvalue weighted by molar-refractivity contribution is 5.80. The van der Waals surface area contributed by atoms with E-state index >= 15 is 0 Å². The predicted molar refractivity (Wildman–Crippen MR) is 67.8 cm³/mol. The van der Waals surface area contributed by atoms with E-state index < -0.39 is 0 Å². The first kappa shape index (κ1) is 12.2. The standard InChI is InChI=1S/C13H15N3O2/c1-4-13-15-9-7-11(17-2)12(18-3)8-10(9)16(13)6-5-14/h7-8H,4,6H2,1-3H3. The predicted octanol–water partition coefficient (Wildman–Crippen LogP) is 2.14. The third-order valence-corrected chi connectivity index (χ3v) is 2.88. The lowest BCUT2D eigenvalue weighted by molar-refractivity contribution is 0.355. The number of methoxy groups -OCH3 is 2. The average molecular weight is 245 g/mol. The fourth-order valence-corrected chi connectivity index (χ4v) is 2.02. The summed E-state index contributed by atoms with van der Waals surface area (Å²) in [5.74, 6) is 2.18. The quantitative estimate of drug-likeness (QED) is 0.828. The molecule has 2 aromatic rings. The van der Waals surface area contributed by atoms with Crippen molar-refractivity contribution in [2.24, 2.45) is 0 Å². The van der Waals surface area contributed by atoms with Crippen LogP contribution in [0.4, 0.5) is 0 Å². The largest absolute Gasteiger partial charge is 0.493 e. The lowest BCUT2D eigenvalue weighted by atomic mass is 10.2. The molecule has 94 valence electrons. The van der Waals surface area contributed by atoms with Crippen LogP contribution in [-0.2, 0) is 13.0 Å². The van der Waals surface area contributed by atoms with Crippen LogP contribution in [0.15, 0.2) is 12.1 Å². The van der Waals surface area contributed by atoms with Crippen molar-refractivity contribution in [3.05, 3.63) is 18.0 Å². The molecule has 0 saturated heterocycles. The van der Waals surface area contributed by atoms with Gasteiger partial charge in [0.2, 0.25) is 0 Å². The Balaban J connectivity index is 2.71. The maximum absolute atomic E-state index is 8.89. The number of imidazole rings is 1. The fraction of sp³-hybridized carbons (Fsp3) is 0.385. The lowest BCUT2D eigenvalue weighted by Crippen LogP contribution is -2.01. The van der Waals surface area contributed by atoms with Gasteiger partial charge < -0.3 is 14.0 Å². The van der Waals surface area contributed by atoms with Crippen LogP contribution >= 0.6 is 0 Å². The molecule has 0 N–H and O–H groups in total. The maximum atomic E-state index is 8.89. The van der Waals surface area contributed by atoms with E-state index in [1.54, 1.807) is 14.2 Å². The van der Waals surface area contributed by atoms with E-state index in [4.69, 9.17) is 14.7 Å². The number of benzene rings is 1. The van der Waals surface area contributed by atoms with Gasteiger partial charge >= 0.3 is 0 Å². The van der Waals surface area contributed by atoms with Gasteiger partial charge in [-0.1, -0.05) is 6.92 Å². The van der Waals surface area contributed by atoms with Crippen LogP contribution in [0.25, 0.3) is 11.0 Å². The summed E-state index contributed by atoms with van der Waals surface area (Å²) >= 11 is 0. The minimum Gasteiger partial charge on any atom is -0.493 e. The molecule has 0 radical (unpaired) electrons. The van der Waals surface area contributed by atoms with E-state index in [2.05, 4.69) is 11.1 Å². The van der Waals surface area contributed by atoms with Crippen molar-refractivity contribution < 1.29 is 9.47 Å². The van der Waals surface area contributed by atoms with Crippen LogP contribution in [0.3, 0.4) is 0 Å². The highest BCUT2D eigenvalue weighted by Crippen LogP contribution is 2.32. The Morgan fingerprint density at radius 3 is 2.50 bits per heavy atom. The second kappa shape index (κ2) is 4.96. The van der Waals surface area contributed by atoms with Gasteiger partial charge in [-0.05, 0) is 0 Å². The molecule has 5 nitrogen and oxygen atoms in total. The summed E-state index contributed by atoms with van der Waals surface area (Å²) in [6.07, 6.45) is 0.779. The Morgan fingerprint density at radius 2 is 1.94 bits per heavy atom. The summed E-state index contributed by atoms with van der Waals surface area (Å²) in [5, 5.41) is 8.89. The molecule has 0 atom stereocenters. The van der Waals surface area contributed by atoms with Crippen molar-refractivity contribution in [3.8, 4) is 17.6 Å². The van der Waals surface area contributed by atoms with Crippen LogP contribution < -0.4 is 9.47 Å². The molecule has 1 aromatic heterocycles. The topological polar surface area (TPSA) is 60.1 Å². The molecule has 0 spiro atoms. The van der Waals surface area contributed by atoms with E-state index in [-0.39, 0.29) is 6.54 Å². The third kappa shape index (κ3) is 1.86. The monoisotopic (exact) mass is 245 g/mol. The Kier molecular flexibility index (Phi) is 3.38. The zero-order chi connectivity index (χ0) is 13.1. The third-order valence-electron chi connectivity index (χ3n) is 2.88. The van der Waals surface area contributed by atoms with E-state index in [0.717, 1.165) is 23.3 Å². The summed E-state index contributed by atoms with van der Waals surface area (Å²) in [5.41, 5.74) is 1.71. The highest BCUT2D eigenvalue weighted by Gasteiger charge is 2.13. The second-order valence-corrected chi connectivity index (χ2v) is 3.82. The first-order valence-electron chi connectivity index (χ1n) is 5.73.